The largest absolute Gasteiger partial charge is 0.416 e. The van der Waals surface area contributed by atoms with Gasteiger partial charge in [-0.1, -0.05) is 18.7 Å². The number of benzene rings is 1. The molecule has 0 saturated heterocycles. The maximum atomic E-state index is 13.4. The first-order valence-electron chi connectivity index (χ1n) is 10.1. The van der Waals surface area contributed by atoms with Crippen LogP contribution in [0, 0.1) is 6.57 Å². The second kappa shape index (κ2) is 7.88. The lowest BCUT2D eigenvalue weighted by Crippen LogP contribution is -2.37. The maximum Gasteiger partial charge on any atom is 0.416 e. The zero-order valence-electron chi connectivity index (χ0n) is 17.9. The predicted octanol–water partition coefficient (Wildman–Crippen LogP) is 4.26. The number of hydrogen-bond donors (Lipinski definition) is 0. The molecule has 0 amide bonds. The van der Waals surface area contributed by atoms with Crippen LogP contribution < -0.4 is 11.2 Å². The van der Waals surface area contributed by atoms with Crippen molar-refractivity contribution in [3.05, 3.63) is 98.7 Å². The fourth-order valence-electron chi connectivity index (χ4n) is 3.77. The van der Waals surface area contributed by atoms with Crippen LogP contribution in [0.5, 0.6) is 0 Å². The summed E-state index contributed by atoms with van der Waals surface area (Å²) in [5.74, 6) is 0.198. The molecule has 1 aromatic carbocycles. The van der Waals surface area contributed by atoms with Crippen LogP contribution in [0.25, 0.3) is 43.7 Å². The number of alkyl halides is 3. The molecule has 35 heavy (non-hydrogen) atoms. The van der Waals surface area contributed by atoms with Crippen LogP contribution in [0.3, 0.4) is 0 Å². The van der Waals surface area contributed by atoms with Crippen molar-refractivity contribution in [2.75, 3.05) is 0 Å². The van der Waals surface area contributed by atoms with Gasteiger partial charge in [0, 0.05) is 18.8 Å². The number of halogens is 3. The van der Waals surface area contributed by atoms with E-state index in [1.807, 2.05) is 0 Å². The van der Waals surface area contributed by atoms with Crippen LogP contribution in [-0.4, -0.2) is 24.1 Å². The Kier molecular flexibility index (Phi) is 4.94. The summed E-state index contributed by atoms with van der Waals surface area (Å²) in [5.41, 5.74) is -0.998. The number of pyridine rings is 3. The Morgan fingerprint density at radius 1 is 1.00 bits per heavy atom. The first-order valence-corrected chi connectivity index (χ1v) is 10.1. The Hall–Kier alpha value is -4.85. The normalized spacial score (nSPS) is 11.6. The molecule has 0 N–H and O–H groups in total. The summed E-state index contributed by atoms with van der Waals surface area (Å²) in [6.07, 6.45) is -1.90. The zero-order valence-corrected chi connectivity index (χ0v) is 17.9. The van der Waals surface area contributed by atoms with E-state index in [-0.39, 0.29) is 27.9 Å². The van der Waals surface area contributed by atoms with Gasteiger partial charge in [-0.05, 0) is 36.4 Å². The SMILES string of the molecule is [C-]#[N+]c1ccc(-c2ccc3ncc4c(=O)n(C)c(=O)n(-c5cccc(C(F)(F)F)c5)c4c3n2)cn1. The summed E-state index contributed by atoms with van der Waals surface area (Å²) in [6, 6.07) is 10.7. The van der Waals surface area contributed by atoms with Crippen molar-refractivity contribution in [3.63, 3.8) is 0 Å². The standard InChI is InChI=1S/C24H13F3N6O2/c1-28-19-9-6-13(11-30-19)17-7-8-18-20(31-17)21-16(12-29-18)22(34)32(2)23(35)33(21)15-5-3-4-14(10-15)24(25,26)27/h3-12H,2H3. The Bertz CT molecular complexity index is 1800. The highest BCUT2D eigenvalue weighted by Crippen LogP contribution is 2.31. The van der Waals surface area contributed by atoms with Gasteiger partial charge in [-0.25, -0.2) is 9.78 Å². The second-order valence-corrected chi connectivity index (χ2v) is 7.63. The molecule has 11 heteroatoms. The van der Waals surface area contributed by atoms with Gasteiger partial charge in [0.1, 0.15) is 11.7 Å². The Morgan fingerprint density at radius 3 is 2.49 bits per heavy atom. The van der Waals surface area contributed by atoms with Gasteiger partial charge in [-0.3, -0.25) is 18.9 Å². The Morgan fingerprint density at radius 2 is 1.80 bits per heavy atom. The molecule has 0 saturated carbocycles. The highest BCUT2D eigenvalue weighted by atomic mass is 19.4. The third-order valence-electron chi connectivity index (χ3n) is 5.51. The first-order chi connectivity index (χ1) is 16.7. The molecule has 0 aliphatic rings. The molecule has 4 aromatic heterocycles. The van der Waals surface area contributed by atoms with E-state index < -0.39 is 23.0 Å². The molecule has 172 valence electrons. The van der Waals surface area contributed by atoms with Crippen molar-refractivity contribution in [2.45, 2.75) is 6.18 Å². The van der Waals surface area contributed by atoms with Gasteiger partial charge in [0.15, 0.2) is 0 Å². The quantitative estimate of drug-likeness (QED) is 0.282. The van der Waals surface area contributed by atoms with Crippen molar-refractivity contribution in [3.8, 4) is 16.9 Å². The molecule has 0 aliphatic carbocycles. The number of nitrogens with zero attached hydrogens (tertiary/aromatic N) is 6. The second-order valence-electron chi connectivity index (χ2n) is 7.63. The lowest BCUT2D eigenvalue weighted by molar-refractivity contribution is -0.137. The zero-order chi connectivity index (χ0) is 24.9. The number of hydrogen-bond acceptors (Lipinski definition) is 5. The fraction of sp³-hybridized carbons (Fsp3) is 0.0833. The number of fused-ring (bicyclic) bond motifs is 3. The van der Waals surface area contributed by atoms with Crippen LogP contribution in [0.15, 0.2) is 70.5 Å². The van der Waals surface area contributed by atoms with Crippen LogP contribution in [-0.2, 0) is 13.2 Å². The van der Waals surface area contributed by atoms with E-state index in [0.717, 1.165) is 21.3 Å². The molecule has 8 nitrogen and oxygen atoms in total. The van der Waals surface area contributed by atoms with Crippen molar-refractivity contribution >= 4 is 27.8 Å². The van der Waals surface area contributed by atoms with Crippen molar-refractivity contribution in [1.82, 2.24) is 24.1 Å². The Balaban J connectivity index is 1.89. The highest BCUT2D eigenvalue weighted by molar-refractivity contribution is 6.01. The smallest absolute Gasteiger partial charge is 0.361 e. The first kappa shape index (κ1) is 22.0. The lowest BCUT2D eigenvalue weighted by Gasteiger charge is -2.15. The van der Waals surface area contributed by atoms with Crippen LogP contribution in [0.4, 0.5) is 19.0 Å². The maximum absolute atomic E-state index is 13.4. The van der Waals surface area contributed by atoms with E-state index in [4.69, 9.17) is 6.57 Å². The summed E-state index contributed by atoms with van der Waals surface area (Å²) < 4.78 is 42.0. The number of rotatable bonds is 2. The molecular formula is C24H13F3N6O2. The summed E-state index contributed by atoms with van der Waals surface area (Å²) >= 11 is 0. The van der Waals surface area contributed by atoms with E-state index in [1.165, 1.54) is 37.6 Å². The third-order valence-corrected chi connectivity index (χ3v) is 5.51. The monoisotopic (exact) mass is 474 g/mol. The Labute approximate surface area is 194 Å². The van der Waals surface area contributed by atoms with Gasteiger partial charge in [-0.15, -0.1) is 4.98 Å². The highest BCUT2D eigenvalue weighted by Gasteiger charge is 2.31. The van der Waals surface area contributed by atoms with E-state index in [0.29, 0.717) is 16.8 Å². The molecule has 0 unspecified atom stereocenters. The number of aromatic nitrogens is 5. The van der Waals surface area contributed by atoms with Crippen molar-refractivity contribution in [2.24, 2.45) is 7.05 Å². The fourth-order valence-corrected chi connectivity index (χ4v) is 3.77. The van der Waals surface area contributed by atoms with Crippen molar-refractivity contribution in [1.29, 1.82) is 0 Å². The summed E-state index contributed by atoms with van der Waals surface area (Å²) in [7, 11) is 1.24. The van der Waals surface area contributed by atoms with E-state index in [1.54, 1.807) is 18.2 Å². The average molecular weight is 474 g/mol. The lowest BCUT2D eigenvalue weighted by atomic mass is 10.1. The minimum absolute atomic E-state index is 0.0168. The molecule has 4 heterocycles. The minimum Gasteiger partial charge on any atom is -0.361 e. The third kappa shape index (κ3) is 3.61. The van der Waals surface area contributed by atoms with Crippen LogP contribution in [0.2, 0.25) is 0 Å². The van der Waals surface area contributed by atoms with Crippen LogP contribution in [0.1, 0.15) is 5.56 Å². The molecule has 0 aliphatic heterocycles. The van der Waals surface area contributed by atoms with Gasteiger partial charge < -0.3 is 4.85 Å². The molecule has 0 bridgehead atoms. The molecular weight excluding hydrogens is 461 g/mol. The van der Waals surface area contributed by atoms with Gasteiger partial charge in [0.2, 0.25) is 0 Å². The average Bonchev–Trinajstić information content (AvgIpc) is 2.86. The molecule has 0 radical (unpaired) electrons. The minimum atomic E-state index is -4.63. The summed E-state index contributed by atoms with van der Waals surface area (Å²) in [5, 5.41) is 0.0168. The van der Waals surface area contributed by atoms with Gasteiger partial charge in [-0.2, -0.15) is 13.2 Å². The molecule has 0 spiro atoms. The summed E-state index contributed by atoms with van der Waals surface area (Å²) in [4.78, 5) is 42.2. The summed E-state index contributed by atoms with van der Waals surface area (Å²) in [6.45, 7) is 7.04. The molecule has 5 rings (SSSR count). The van der Waals surface area contributed by atoms with E-state index in [2.05, 4.69) is 19.8 Å². The van der Waals surface area contributed by atoms with Crippen LogP contribution >= 0.6 is 0 Å². The van der Waals surface area contributed by atoms with E-state index >= 15 is 0 Å². The molecule has 0 atom stereocenters. The van der Waals surface area contributed by atoms with Crippen molar-refractivity contribution < 1.29 is 13.2 Å². The molecule has 0 fully saturated rings. The topological polar surface area (TPSA) is 87.0 Å². The van der Waals surface area contributed by atoms with Gasteiger partial charge >= 0.3 is 11.9 Å². The van der Waals surface area contributed by atoms with Gasteiger partial charge in [0.25, 0.3) is 11.4 Å². The predicted molar refractivity (Wildman–Crippen MR) is 122 cm³/mol. The van der Waals surface area contributed by atoms with Gasteiger partial charge in [0.05, 0.1) is 33.4 Å². The van der Waals surface area contributed by atoms with E-state index in [9.17, 15) is 22.8 Å². The molecule has 5 aromatic rings.